The third-order valence-corrected chi connectivity index (χ3v) is 6.16. The number of amides is 1. The summed E-state index contributed by atoms with van der Waals surface area (Å²) in [5.41, 5.74) is 0.186. The van der Waals surface area contributed by atoms with Crippen LogP contribution in [0.1, 0.15) is 6.92 Å². The van der Waals surface area contributed by atoms with Gasteiger partial charge in [-0.1, -0.05) is 0 Å². The number of hydrogen-bond donors (Lipinski definition) is 1. The highest BCUT2D eigenvalue weighted by molar-refractivity contribution is 7.89. The maximum atomic E-state index is 12.9. The molecule has 162 valence electrons. The van der Waals surface area contributed by atoms with E-state index in [-0.39, 0.29) is 36.0 Å². The minimum atomic E-state index is -3.76. The number of anilines is 1. The van der Waals surface area contributed by atoms with Crippen molar-refractivity contribution in [3.8, 4) is 5.75 Å². The molecule has 12 nitrogen and oxygen atoms in total. The Morgan fingerprint density at radius 3 is 2.73 bits per heavy atom. The normalized spacial score (nSPS) is 15.0. The van der Waals surface area contributed by atoms with Crippen LogP contribution in [0.3, 0.4) is 0 Å². The molecule has 1 N–H and O–H groups in total. The number of nitrogens with zero attached hydrogens (tertiary/aromatic N) is 4. The van der Waals surface area contributed by atoms with Gasteiger partial charge in [0.25, 0.3) is 0 Å². The zero-order chi connectivity index (χ0) is 21.7. The van der Waals surface area contributed by atoms with Gasteiger partial charge in [0.1, 0.15) is 18.5 Å². The van der Waals surface area contributed by atoms with Gasteiger partial charge in [-0.25, -0.2) is 8.42 Å². The number of carbonyl (C=O) groups excluding carboxylic acids is 1. The number of nitro groups is 1. The van der Waals surface area contributed by atoms with Crippen molar-refractivity contribution in [3.05, 3.63) is 40.8 Å². The minimum Gasteiger partial charge on any atom is -0.492 e. The minimum absolute atomic E-state index is 0.0152. The summed E-state index contributed by atoms with van der Waals surface area (Å²) in [7, 11) is -3.76. The van der Waals surface area contributed by atoms with E-state index in [0.717, 1.165) is 6.20 Å². The lowest BCUT2D eigenvalue weighted by molar-refractivity contribution is -0.389. The average Bonchev–Trinajstić information content (AvgIpc) is 3.18. The molecule has 1 saturated heterocycles. The number of ether oxygens (including phenoxy) is 2. The molecule has 13 heteroatoms. The maximum absolute atomic E-state index is 12.9. The second-order valence-corrected chi connectivity index (χ2v) is 8.25. The summed E-state index contributed by atoms with van der Waals surface area (Å²) in [4.78, 5) is 26.1. The highest BCUT2D eigenvalue weighted by Gasteiger charge is 2.27. The van der Waals surface area contributed by atoms with Gasteiger partial charge in [0.15, 0.2) is 0 Å². The van der Waals surface area contributed by atoms with Gasteiger partial charge in [-0.3, -0.25) is 4.79 Å². The molecule has 1 aromatic heterocycles. The Kier molecular flexibility index (Phi) is 6.64. The molecule has 1 amide bonds. The highest BCUT2D eigenvalue weighted by Crippen LogP contribution is 2.29. The van der Waals surface area contributed by atoms with Crippen LogP contribution in [0.5, 0.6) is 5.75 Å². The molecule has 30 heavy (non-hydrogen) atoms. The standard InChI is InChI=1S/C17H21N5O7S/c1-2-29-15-4-3-13(30(26,27)21-5-7-28-8-6-21)9-14(15)19-17(23)11-20-10-16(18-12-20)22(24)25/h3-4,9-10,12H,2,5-8,11H2,1H3,(H,19,23). The monoisotopic (exact) mass is 439 g/mol. The van der Waals surface area contributed by atoms with E-state index in [1.54, 1.807) is 6.92 Å². The predicted octanol–water partition coefficient (Wildman–Crippen LogP) is 0.850. The van der Waals surface area contributed by atoms with E-state index in [4.69, 9.17) is 9.47 Å². The van der Waals surface area contributed by atoms with E-state index in [9.17, 15) is 23.3 Å². The van der Waals surface area contributed by atoms with E-state index in [2.05, 4.69) is 10.3 Å². The average molecular weight is 439 g/mol. The van der Waals surface area contributed by atoms with Crippen LogP contribution in [0.15, 0.2) is 35.6 Å². The highest BCUT2D eigenvalue weighted by atomic mass is 32.2. The van der Waals surface area contributed by atoms with E-state index < -0.39 is 20.9 Å². The van der Waals surface area contributed by atoms with Crippen LogP contribution in [-0.4, -0.2) is 66.0 Å². The molecule has 0 bridgehead atoms. The fraction of sp³-hybridized carbons (Fsp3) is 0.412. The predicted molar refractivity (Wildman–Crippen MR) is 105 cm³/mol. The second kappa shape index (κ2) is 9.19. The SMILES string of the molecule is CCOc1ccc(S(=O)(=O)N2CCOCC2)cc1NC(=O)Cn1cnc([N+](=O)[O-])c1. The fourth-order valence-corrected chi connectivity index (χ4v) is 4.30. The van der Waals surface area contributed by atoms with Gasteiger partial charge in [0.05, 0.1) is 30.4 Å². The van der Waals surface area contributed by atoms with Crippen molar-refractivity contribution in [3.63, 3.8) is 0 Å². The summed E-state index contributed by atoms with van der Waals surface area (Å²) >= 11 is 0. The van der Waals surface area contributed by atoms with Crippen molar-refractivity contribution in [1.29, 1.82) is 0 Å². The molecule has 0 radical (unpaired) electrons. The van der Waals surface area contributed by atoms with Gasteiger partial charge in [0.2, 0.25) is 22.3 Å². The number of benzene rings is 1. The van der Waals surface area contributed by atoms with Crippen molar-refractivity contribution in [2.45, 2.75) is 18.4 Å². The lowest BCUT2D eigenvalue weighted by atomic mass is 10.3. The number of nitrogens with one attached hydrogen (secondary N) is 1. The summed E-state index contributed by atoms with van der Waals surface area (Å²) in [6.45, 7) is 2.95. The third kappa shape index (κ3) is 4.93. The molecule has 0 saturated carbocycles. The first-order chi connectivity index (χ1) is 14.3. The summed E-state index contributed by atoms with van der Waals surface area (Å²) in [6.07, 6.45) is 2.29. The molecule has 2 heterocycles. The first-order valence-electron chi connectivity index (χ1n) is 9.12. The molecular weight excluding hydrogens is 418 g/mol. The third-order valence-electron chi connectivity index (χ3n) is 4.27. The van der Waals surface area contributed by atoms with Crippen LogP contribution in [0.4, 0.5) is 11.5 Å². The Balaban J connectivity index is 1.81. The fourth-order valence-electron chi connectivity index (χ4n) is 2.87. The summed E-state index contributed by atoms with van der Waals surface area (Å²) in [5.74, 6) is -0.594. The largest absolute Gasteiger partial charge is 0.492 e. The molecule has 0 unspecified atom stereocenters. The molecule has 1 aliphatic heterocycles. The first kappa shape index (κ1) is 21.7. The first-order valence-corrected chi connectivity index (χ1v) is 10.6. The number of imidazole rings is 1. The summed E-state index contributed by atoms with van der Waals surface area (Å²) < 4.78 is 39.0. The molecule has 0 atom stereocenters. The maximum Gasteiger partial charge on any atom is 0.381 e. The summed E-state index contributed by atoms with van der Waals surface area (Å²) in [5, 5.41) is 13.3. The quantitative estimate of drug-likeness (QED) is 0.470. The molecule has 1 fully saturated rings. The number of rotatable bonds is 8. The smallest absolute Gasteiger partial charge is 0.381 e. The number of morpholine rings is 1. The van der Waals surface area contributed by atoms with E-state index in [1.807, 2.05) is 0 Å². The second-order valence-electron chi connectivity index (χ2n) is 6.32. The molecule has 1 aromatic carbocycles. The zero-order valence-electron chi connectivity index (χ0n) is 16.2. The van der Waals surface area contributed by atoms with Crippen LogP contribution < -0.4 is 10.1 Å². The van der Waals surface area contributed by atoms with Gasteiger partial charge in [-0.05, 0) is 35.0 Å². The van der Waals surface area contributed by atoms with E-state index >= 15 is 0 Å². The Morgan fingerprint density at radius 1 is 1.37 bits per heavy atom. The van der Waals surface area contributed by atoms with Crippen LogP contribution in [0, 0.1) is 10.1 Å². The Bertz CT molecular complexity index is 1030. The van der Waals surface area contributed by atoms with Gasteiger partial charge in [-0.15, -0.1) is 0 Å². The number of hydrogen-bond acceptors (Lipinski definition) is 8. The van der Waals surface area contributed by atoms with E-state index in [0.29, 0.717) is 25.6 Å². The number of aromatic nitrogens is 2. The van der Waals surface area contributed by atoms with Crippen LogP contribution in [-0.2, 0) is 26.1 Å². The van der Waals surface area contributed by atoms with Crippen molar-refractivity contribution < 1.29 is 27.6 Å². The number of sulfonamides is 1. The summed E-state index contributed by atoms with van der Waals surface area (Å²) in [6, 6.07) is 4.24. The zero-order valence-corrected chi connectivity index (χ0v) is 17.0. The Hall–Kier alpha value is -3.03. The molecular formula is C17H21N5O7S. The molecule has 3 rings (SSSR count). The van der Waals surface area contributed by atoms with Crippen molar-refractivity contribution in [2.75, 3.05) is 38.2 Å². The Morgan fingerprint density at radius 2 is 2.10 bits per heavy atom. The van der Waals surface area contributed by atoms with Gasteiger partial charge < -0.3 is 29.5 Å². The molecule has 0 spiro atoms. The molecule has 0 aliphatic carbocycles. The lowest BCUT2D eigenvalue weighted by Gasteiger charge is -2.26. The van der Waals surface area contributed by atoms with Crippen molar-refractivity contribution >= 4 is 27.4 Å². The van der Waals surface area contributed by atoms with Crippen molar-refractivity contribution in [2.24, 2.45) is 0 Å². The van der Waals surface area contributed by atoms with Gasteiger partial charge >= 0.3 is 5.82 Å². The molecule has 1 aliphatic rings. The topological polar surface area (TPSA) is 146 Å². The van der Waals surface area contributed by atoms with Crippen LogP contribution in [0.2, 0.25) is 0 Å². The van der Waals surface area contributed by atoms with Gasteiger partial charge in [-0.2, -0.15) is 4.31 Å². The number of carbonyl (C=O) groups is 1. The van der Waals surface area contributed by atoms with Crippen LogP contribution >= 0.6 is 0 Å². The van der Waals surface area contributed by atoms with Crippen molar-refractivity contribution in [1.82, 2.24) is 13.9 Å². The van der Waals surface area contributed by atoms with E-state index in [1.165, 1.54) is 33.4 Å². The van der Waals surface area contributed by atoms with Crippen LogP contribution in [0.25, 0.3) is 0 Å². The Labute approximate surface area is 172 Å². The van der Waals surface area contributed by atoms with Gasteiger partial charge in [0, 0.05) is 13.1 Å². The molecule has 2 aromatic rings. The lowest BCUT2D eigenvalue weighted by Crippen LogP contribution is -2.40.